The van der Waals surface area contributed by atoms with Gasteiger partial charge in [-0.1, -0.05) is 0 Å². The van der Waals surface area contributed by atoms with Crippen molar-refractivity contribution < 1.29 is 0 Å². The molecule has 0 bridgehead atoms. The Balaban J connectivity index is 2.18. The first kappa shape index (κ1) is 6.99. The highest BCUT2D eigenvalue weighted by Gasteiger charge is 2.13. The molecule has 0 aromatic carbocycles. The summed E-state index contributed by atoms with van der Waals surface area (Å²) < 4.78 is 0. The Labute approximate surface area is 56.2 Å². The zero-order valence-corrected chi connectivity index (χ0v) is 5.93. The molecule has 54 valence electrons. The maximum absolute atomic E-state index is 5.56. The highest BCUT2D eigenvalue weighted by Crippen LogP contribution is 2.05. The molecule has 3 heteroatoms. The van der Waals surface area contributed by atoms with Crippen molar-refractivity contribution in [2.45, 2.75) is 18.9 Å². The molecule has 1 aliphatic heterocycles. The summed E-state index contributed by atoms with van der Waals surface area (Å²) in [6.07, 6.45) is 2.38. The SMILES string of the molecule is CNC1CCN(N)CC1. The quantitative estimate of drug-likeness (QED) is 0.471. The van der Waals surface area contributed by atoms with Gasteiger partial charge in [0.25, 0.3) is 0 Å². The third-order valence-corrected chi connectivity index (χ3v) is 1.94. The van der Waals surface area contributed by atoms with Gasteiger partial charge in [0.2, 0.25) is 0 Å². The number of hydrazine groups is 1. The van der Waals surface area contributed by atoms with Crippen molar-refractivity contribution in [2.24, 2.45) is 5.84 Å². The Morgan fingerprint density at radius 3 is 2.44 bits per heavy atom. The van der Waals surface area contributed by atoms with Crippen molar-refractivity contribution in [3.05, 3.63) is 0 Å². The summed E-state index contributed by atoms with van der Waals surface area (Å²) in [6, 6.07) is 0.699. The van der Waals surface area contributed by atoms with Crippen LogP contribution in [0.15, 0.2) is 0 Å². The molecule has 1 heterocycles. The molecule has 0 aliphatic carbocycles. The van der Waals surface area contributed by atoms with E-state index in [4.69, 9.17) is 5.84 Å². The van der Waals surface area contributed by atoms with E-state index < -0.39 is 0 Å². The van der Waals surface area contributed by atoms with Crippen molar-refractivity contribution >= 4 is 0 Å². The summed E-state index contributed by atoms with van der Waals surface area (Å²) in [5, 5.41) is 5.12. The summed E-state index contributed by atoms with van der Waals surface area (Å²) in [7, 11) is 2.01. The Bertz CT molecular complexity index is 76.4. The van der Waals surface area contributed by atoms with Gasteiger partial charge in [-0.05, 0) is 19.9 Å². The van der Waals surface area contributed by atoms with Crippen LogP contribution < -0.4 is 11.2 Å². The van der Waals surface area contributed by atoms with E-state index in [0.29, 0.717) is 6.04 Å². The lowest BCUT2D eigenvalue weighted by atomic mass is 10.1. The van der Waals surface area contributed by atoms with Crippen molar-refractivity contribution in [3.63, 3.8) is 0 Å². The molecule has 0 amide bonds. The summed E-state index contributed by atoms with van der Waals surface area (Å²) in [5.74, 6) is 5.56. The molecule has 1 rings (SSSR count). The largest absolute Gasteiger partial charge is 0.317 e. The summed E-state index contributed by atoms with van der Waals surface area (Å²) in [6.45, 7) is 2.07. The van der Waals surface area contributed by atoms with Crippen LogP contribution in [-0.4, -0.2) is 31.2 Å². The van der Waals surface area contributed by atoms with Crippen LogP contribution in [0.5, 0.6) is 0 Å². The molecule has 9 heavy (non-hydrogen) atoms. The molecule has 0 atom stereocenters. The number of rotatable bonds is 1. The topological polar surface area (TPSA) is 41.3 Å². The van der Waals surface area contributed by atoms with E-state index in [1.807, 2.05) is 12.1 Å². The highest BCUT2D eigenvalue weighted by molar-refractivity contribution is 4.72. The van der Waals surface area contributed by atoms with Gasteiger partial charge in [0, 0.05) is 19.1 Å². The minimum Gasteiger partial charge on any atom is -0.317 e. The highest BCUT2D eigenvalue weighted by atomic mass is 15.4. The molecule has 1 fully saturated rings. The molecule has 0 unspecified atom stereocenters. The molecule has 0 saturated carbocycles. The fraction of sp³-hybridized carbons (Fsp3) is 1.00. The monoisotopic (exact) mass is 129 g/mol. The maximum atomic E-state index is 5.56. The molecule has 1 saturated heterocycles. The minimum atomic E-state index is 0.699. The number of piperidine rings is 1. The Hall–Kier alpha value is -0.120. The van der Waals surface area contributed by atoms with Crippen LogP contribution in [0, 0.1) is 0 Å². The van der Waals surface area contributed by atoms with Gasteiger partial charge in [-0.15, -0.1) is 0 Å². The van der Waals surface area contributed by atoms with Crippen LogP contribution in [0.1, 0.15) is 12.8 Å². The van der Waals surface area contributed by atoms with Gasteiger partial charge >= 0.3 is 0 Å². The van der Waals surface area contributed by atoms with E-state index in [1.165, 1.54) is 12.8 Å². The van der Waals surface area contributed by atoms with Crippen LogP contribution in [0.25, 0.3) is 0 Å². The van der Waals surface area contributed by atoms with E-state index in [1.54, 1.807) is 0 Å². The number of nitrogens with one attached hydrogen (secondary N) is 1. The van der Waals surface area contributed by atoms with E-state index in [-0.39, 0.29) is 0 Å². The predicted octanol–water partition coefficient (Wildman–Crippen LogP) is -0.456. The minimum absolute atomic E-state index is 0.699. The Morgan fingerprint density at radius 1 is 1.44 bits per heavy atom. The average Bonchev–Trinajstić information content (AvgIpc) is 1.90. The zero-order valence-electron chi connectivity index (χ0n) is 5.93. The van der Waals surface area contributed by atoms with Gasteiger partial charge in [0.15, 0.2) is 0 Å². The second-order valence-corrected chi connectivity index (χ2v) is 2.60. The van der Waals surface area contributed by atoms with E-state index in [9.17, 15) is 0 Å². The first-order chi connectivity index (χ1) is 4.33. The van der Waals surface area contributed by atoms with Gasteiger partial charge in [0.05, 0.1) is 0 Å². The molecular weight excluding hydrogens is 114 g/mol. The molecule has 1 aliphatic rings. The van der Waals surface area contributed by atoms with Crippen LogP contribution in [-0.2, 0) is 0 Å². The fourth-order valence-corrected chi connectivity index (χ4v) is 1.19. The smallest absolute Gasteiger partial charge is 0.0143 e. The van der Waals surface area contributed by atoms with Crippen LogP contribution in [0.4, 0.5) is 0 Å². The van der Waals surface area contributed by atoms with Gasteiger partial charge in [-0.2, -0.15) is 0 Å². The lowest BCUT2D eigenvalue weighted by Gasteiger charge is -2.27. The first-order valence-corrected chi connectivity index (χ1v) is 3.50. The average molecular weight is 129 g/mol. The normalized spacial score (nSPS) is 24.7. The standard InChI is InChI=1S/C6H15N3/c1-8-6-2-4-9(7)5-3-6/h6,8H,2-5,7H2,1H3. The molecular formula is C6H15N3. The van der Waals surface area contributed by atoms with Crippen molar-refractivity contribution in [3.8, 4) is 0 Å². The molecule has 0 aromatic heterocycles. The Kier molecular flexibility index (Phi) is 2.45. The van der Waals surface area contributed by atoms with Crippen molar-refractivity contribution in [1.29, 1.82) is 0 Å². The van der Waals surface area contributed by atoms with Gasteiger partial charge in [-0.3, -0.25) is 5.84 Å². The molecule has 3 N–H and O–H groups in total. The fourth-order valence-electron chi connectivity index (χ4n) is 1.19. The summed E-state index contributed by atoms with van der Waals surface area (Å²) in [4.78, 5) is 0. The summed E-state index contributed by atoms with van der Waals surface area (Å²) >= 11 is 0. The number of hydrogen-bond donors (Lipinski definition) is 2. The lowest BCUT2D eigenvalue weighted by molar-refractivity contribution is 0.206. The van der Waals surface area contributed by atoms with Crippen LogP contribution in [0.3, 0.4) is 0 Å². The second-order valence-electron chi connectivity index (χ2n) is 2.60. The zero-order chi connectivity index (χ0) is 6.69. The van der Waals surface area contributed by atoms with Crippen molar-refractivity contribution in [2.75, 3.05) is 20.1 Å². The maximum Gasteiger partial charge on any atom is 0.0143 e. The van der Waals surface area contributed by atoms with E-state index >= 15 is 0 Å². The van der Waals surface area contributed by atoms with E-state index in [2.05, 4.69) is 5.32 Å². The molecule has 0 aromatic rings. The number of nitrogens with two attached hydrogens (primary N) is 1. The van der Waals surface area contributed by atoms with Crippen LogP contribution in [0.2, 0.25) is 0 Å². The molecule has 0 spiro atoms. The third-order valence-electron chi connectivity index (χ3n) is 1.94. The number of hydrogen-bond acceptors (Lipinski definition) is 3. The summed E-state index contributed by atoms with van der Waals surface area (Å²) in [5.41, 5.74) is 0. The van der Waals surface area contributed by atoms with Gasteiger partial charge in [0.1, 0.15) is 0 Å². The van der Waals surface area contributed by atoms with E-state index in [0.717, 1.165) is 13.1 Å². The van der Waals surface area contributed by atoms with Gasteiger partial charge in [-0.25, -0.2) is 5.01 Å². The first-order valence-electron chi connectivity index (χ1n) is 3.50. The van der Waals surface area contributed by atoms with Crippen molar-refractivity contribution in [1.82, 2.24) is 10.3 Å². The predicted molar refractivity (Wildman–Crippen MR) is 37.8 cm³/mol. The lowest BCUT2D eigenvalue weighted by Crippen LogP contribution is -2.44. The van der Waals surface area contributed by atoms with Crippen LogP contribution >= 0.6 is 0 Å². The number of nitrogens with zero attached hydrogens (tertiary/aromatic N) is 1. The van der Waals surface area contributed by atoms with Gasteiger partial charge < -0.3 is 5.32 Å². The molecule has 0 radical (unpaired) electrons. The second kappa shape index (κ2) is 3.15. The third kappa shape index (κ3) is 1.93. The molecule has 3 nitrogen and oxygen atoms in total. The Morgan fingerprint density at radius 2 is 2.00 bits per heavy atom.